The van der Waals surface area contributed by atoms with Crippen LogP contribution in [0.2, 0.25) is 0 Å². The molecule has 0 saturated carbocycles. The van der Waals surface area contributed by atoms with Crippen molar-refractivity contribution < 1.29 is 4.79 Å². The molecule has 1 N–H and O–H groups in total. The molecule has 0 fully saturated rings. The number of fused-ring (bicyclic) bond motifs is 2. The summed E-state index contributed by atoms with van der Waals surface area (Å²) in [4.78, 5) is 33.5. The van der Waals surface area contributed by atoms with E-state index in [1.165, 1.54) is 10.9 Å². The van der Waals surface area contributed by atoms with Crippen LogP contribution in [0.4, 0.5) is 0 Å². The first-order valence-corrected chi connectivity index (χ1v) is 8.36. The molecule has 1 amide bonds. The van der Waals surface area contributed by atoms with E-state index in [-0.39, 0.29) is 24.1 Å². The van der Waals surface area contributed by atoms with E-state index in [4.69, 9.17) is 0 Å². The first kappa shape index (κ1) is 15.6. The molecule has 1 aromatic carbocycles. The van der Waals surface area contributed by atoms with Gasteiger partial charge in [-0.05, 0) is 25.0 Å². The molecule has 0 bridgehead atoms. The zero-order valence-electron chi connectivity index (χ0n) is 14.0. The molecule has 0 unspecified atom stereocenters. The minimum atomic E-state index is -0.190. The molecule has 7 nitrogen and oxygen atoms in total. The van der Waals surface area contributed by atoms with Crippen LogP contribution in [0.15, 0.2) is 41.7 Å². The van der Waals surface area contributed by atoms with E-state index < -0.39 is 0 Å². The standard InChI is InChI=1S/C18H19N5O2/c1-12-3-2-4-14-17(12)20-11-23(18(14)25)10-16(24)21-13-5-6-15-19-7-8-22(15)9-13/h2-4,7-8,11,13H,5-6,9-10H2,1H3,(H,21,24)/t13-/m1/s1. The van der Waals surface area contributed by atoms with Crippen LogP contribution in [0.5, 0.6) is 0 Å². The van der Waals surface area contributed by atoms with Gasteiger partial charge in [-0.15, -0.1) is 0 Å². The number of para-hydroxylation sites is 1. The van der Waals surface area contributed by atoms with E-state index in [2.05, 4.69) is 19.9 Å². The van der Waals surface area contributed by atoms with Crippen LogP contribution in [-0.2, 0) is 24.3 Å². The third-order valence-electron chi connectivity index (χ3n) is 4.67. The Balaban J connectivity index is 1.49. The maximum Gasteiger partial charge on any atom is 0.261 e. The number of nitrogens with zero attached hydrogens (tertiary/aromatic N) is 4. The fourth-order valence-electron chi connectivity index (χ4n) is 3.36. The SMILES string of the molecule is Cc1cccc2c(=O)n(CC(=O)N[C@@H]3CCc4nccn4C3)cnc12. The van der Waals surface area contributed by atoms with Crippen molar-refractivity contribution >= 4 is 16.8 Å². The number of rotatable bonds is 3. The molecule has 2 aromatic heterocycles. The van der Waals surface area contributed by atoms with Gasteiger partial charge in [0.25, 0.3) is 5.56 Å². The van der Waals surface area contributed by atoms with Crippen LogP contribution < -0.4 is 10.9 Å². The van der Waals surface area contributed by atoms with Crippen molar-refractivity contribution in [2.24, 2.45) is 0 Å². The average Bonchev–Trinajstić information content (AvgIpc) is 3.06. The zero-order chi connectivity index (χ0) is 17.4. The second kappa shape index (κ2) is 6.16. The van der Waals surface area contributed by atoms with E-state index >= 15 is 0 Å². The smallest absolute Gasteiger partial charge is 0.261 e. The molecule has 0 radical (unpaired) electrons. The summed E-state index contributed by atoms with van der Waals surface area (Å²) in [6.45, 7) is 2.60. The largest absolute Gasteiger partial charge is 0.350 e. The number of hydrogen-bond acceptors (Lipinski definition) is 4. The Morgan fingerprint density at radius 3 is 3.12 bits per heavy atom. The minimum absolute atomic E-state index is 0.0248. The quantitative estimate of drug-likeness (QED) is 0.774. The van der Waals surface area contributed by atoms with Gasteiger partial charge in [0.1, 0.15) is 12.4 Å². The van der Waals surface area contributed by atoms with E-state index in [1.54, 1.807) is 12.3 Å². The lowest BCUT2D eigenvalue weighted by Gasteiger charge is -2.24. The van der Waals surface area contributed by atoms with Crippen LogP contribution >= 0.6 is 0 Å². The van der Waals surface area contributed by atoms with Gasteiger partial charge >= 0.3 is 0 Å². The predicted octanol–water partition coefficient (Wildman–Crippen LogP) is 1.03. The summed E-state index contributed by atoms with van der Waals surface area (Å²) in [5, 5.41) is 3.55. The van der Waals surface area contributed by atoms with Crippen molar-refractivity contribution in [3.8, 4) is 0 Å². The Hall–Kier alpha value is -2.96. The molecule has 1 atom stereocenters. The van der Waals surface area contributed by atoms with Gasteiger partial charge in [-0.2, -0.15) is 0 Å². The summed E-state index contributed by atoms with van der Waals surface area (Å²) in [5.74, 6) is 0.875. The normalized spacial score (nSPS) is 16.6. The van der Waals surface area contributed by atoms with Crippen LogP contribution in [0, 0.1) is 6.92 Å². The lowest BCUT2D eigenvalue weighted by atomic mass is 10.1. The van der Waals surface area contributed by atoms with Gasteiger partial charge in [0.2, 0.25) is 5.91 Å². The van der Waals surface area contributed by atoms with E-state index in [0.29, 0.717) is 17.4 Å². The maximum atomic E-state index is 12.6. The molecular weight excluding hydrogens is 318 g/mol. The van der Waals surface area contributed by atoms with Crippen molar-refractivity contribution in [2.45, 2.75) is 38.9 Å². The number of aryl methyl sites for hydroxylation is 2. The number of carbonyl (C=O) groups excluding carboxylic acids is 1. The maximum absolute atomic E-state index is 12.6. The van der Waals surface area contributed by atoms with Crippen molar-refractivity contribution in [3.05, 3.63) is 58.7 Å². The van der Waals surface area contributed by atoms with Gasteiger partial charge in [-0.1, -0.05) is 12.1 Å². The number of benzene rings is 1. The first-order chi connectivity index (χ1) is 12.1. The Morgan fingerprint density at radius 2 is 2.24 bits per heavy atom. The second-order valence-corrected chi connectivity index (χ2v) is 6.45. The Bertz CT molecular complexity index is 1000. The van der Waals surface area contributed by atoms with Crippen LogP contribution in [0.25, 0.3) is 10.9 Å². The van der Waals surface area contributed by atoms with Crippen LogP contribution in [-0.4, -0.2) is 31.1 Å². The van der Waals surface area contributed by atoms with E-state index in [1.807, 2.05) is 25.3 Å². The number of aromatic nitrogens is 4. The Labute approximate surface area is 144 Å². The van der Waals surface area contributed by atoms with Gasteiger partial charge < -0.3 is 9.88 Å². The lowest BCUT2D eigenvalue weighted by molar-refractivity contribution is -0.122. The van der Waals surface area contributed by atoms with Crippen molar-refractivity contribution in [1.29, 1.82) is 0 Å². The molecule has 3 heterocycles. The molecule has 3 aromatic rings. The van der Waals surface area contributed by atoms with Crippen molar-refractivity contribution in [3.63, 3.8) is 0 Å². The van der Waals surface area contributed by atoms with Gasteiger partial charge in [0.15, 0.2) is 0 Å². The van der Waals surface area contributed by atoms with Gasteiger partial charge in [-0.25, -0.2) is 9.97 Å². The summed E-state index contributed by atoms with van der Waals surface area (Å²) >= 11 is 0. The molecule has 0 spiro atoms. The summed E-state index contributed by atoms with van der Waals surface area (Å²) in [6, 6.07) is 5.55. The highest BCUT2D eigenvalue weighted by atomic mass is 16.2. The van der Waals surface area contributed by atoms with E-state index in [0.717, 1.165) is 24.2 Å². The highest BCUT2D eigenvalue weighted by molar-refractivity contribution is 5.81. The third-order valence-corrected chi connectivity index (χ3v) is 4.67. The number of nitrogens with one attached hydrogen (secondary N) is 1. The predicted molar refractivity (Wildman–Crippen MR) is 93.2 cm³/mol. The van der Waals surface area contributed by atoms with Crippen molar-refractivity contribution in [2.75, 3.05) is 0 Å². The molecule has 4 rings (SSSR count). The topological polar surface area (TPSA) is 81.8 Å². The molecule has 0 saturated heterocycles. The molecular formula is C18H19N5O2. The van der Waals surface area contributed by atoms with Gasteiger partial charge in [-0.3, -0.25) is 14.2 Å². The summed E-state index contributed by atoms with van der Waals surface area (Å²) in [6.07, 6.45) is 6.85. The Morgan fingerprint density at radius 1 is 1.36 bits per heavy atom. The summed E-state index contributed by atoms with van der Waals surface area (Å²) in [7, 11) is 0. The fourth-order valence-corrected chi connectivity index (χ4v) is 3.36. The number of imidazole rings is 1. The molecule has 0 aliphatic carbocycles. The minimum Gasteiger partial charge on any atom is -0.350 e. The molecule has 7 heteroatoms. The van der Waals surface area contributed by atoms with Gasteiger partial charge in [0.05, 0.1) is 17.2 Å². The van der Waals surface area contributed by atoms with E-state index in [9.17, 15) is 9.59 Å². The molecule has 128 valence electrons. The Kier molecular flexibility index (Phi) is 3.83. The highest BCUT2D eigenvalue weighted by Gasteiger charge is 2.20. The number of hydrogen-bond donors (Lipinski definition) is 1. The lowest BCUT2D eigenvalue weighted by Crippen LogP contribution is -2.43. The zero-order valence-corrected chi connectivity index (χ0v) is 14.0. The average molecular weight is 337 g/mol. The third kappa shape index (κ3) is 2.93. The first-order valence-electron chi connectivity index (χ1n) is 8.36. The monoisotopic (exact) mass is 337 g/mol. The number of carbonyl (C=O) groups is 1. The van der Waals surface area contributed by atoms with Gasteiger partial charge in [0, 0.05) is 31.4 Å². The second-order valence-electron chi connectivity index (χ2n) is 6.45. The number of amides is 1. The van der Waals surface area contributed by atoms with Crippen molar-refractivity contribution in [1.82, 2.24) is 24.4 Å². The highest BCUT2D eigenvalue weighted by Crippen LogP contribution is 2.13. The fraction of sp³-hybridized carbons (Fsp3) is 0.333. The van der Waals surface area contributed by atoms with Crippen LogP contribution in [0.1, 0.15) is 17.8 Å². The molecule has 1 aliphatic heterocycles. The molecule has 25 heavy (non-hydrogen) atoms. The van der Waals surface area contributed by atoms with Crippen LogP contribution in [0.3, 0.4) is 0 Å². The molecule has 1 aliphatic rings. The summed E-state index contributed by atoms with van der Waals surface area (Å²) in [5.41, 5.74) is 1.44. The summed E-state index contributed by atoms with van der Waals surface area (Å²) < 4.78 is 3.42.